The van der Waals surface area contributed by atoms with Gasteiger partial charge in [-0.25, -0.2) is 0 Å². The fraction of sp³-hybridized carbons (Fsp3) is 0.316. The number of carbonyl (C=O) groups excluding carboxylic acids is 1. The highest BCUT2D eigenvalue weighted by Crippen LogP contribution is 2.29. The van der Waals surface area contributed by atoms with E-state index in [4.69, 9.17) is 0 Å². The zero-order valence-electron chi connectivity index (χ0n) is 14.4. The minimum atomic E-state index is -4.41. The molecular weight excluding hydrogens is 343 g/mol. The van der Waals surface area contributed by atoms with E-state index in [-0.39, 0.29) is 5.56 Å². The molecule has 1 heterocycles. The number of alkyl halides is 3. The lowest BCUT2D eigenvalue weighted by Gasteiger charge is -2.34. The number of nitrogens with zero attached hydrogens (tertiary/aromatic N) is 2. The van der Waals surface area contributed by atoms with Gasteiger partial charge in [0.15, 0.2) is 0 Å². The van der Waals surface area contributed by atoms with Gasteiger partial charge in [-0.3, -0.25) is 4.79 Å². The Morgan fingerprint density at radius 3 is 2.04 bits per heavy atom. The minimum Gasteiger partial charge on any atom is -0.369 e. The molecule has 1 fully saturated rings. The van der Waals surface area contributed by atoms with Gasteiger partial charge >= 0.3 is 6.18 Å². The second-order valence-corrected chi connectivity index (χ2v) is 6.37. The zero-order chi connectivity index (χ0) is 18.7. The molecule has 4 nitrogen and oxygen atoms in total. The Labute approximate surface area is 150 Å². The van der Waals surface area contributed by atoms with Crippen LogP contribution in [0.1, 0.15) is 15.9 Å². The monoisotopic (exact) mass is 363 g/mol. The van der Waals surface area contributed by atoms with Gasteiger partial charge < -0.3 is 15.1 Å². The van der Waals surface area contributed by atoms with Crippen LogP contribution in [0.2, 0.25) is 0 Å². The molecule has 0 bridgehead atoms. The number of piperazine rings is 1. The summed E-state index contributed by atoms with van der Waals surface area (Å²) in [7, 11) is 2.09. The van der Waals surface area contributed by atoms with Crippen molar-refractivity contribution in [1.82, 2.24) is 4.90 Å². The first-order chi connectivity index (χ1) is 12.3. The van der Waals surface area contributed by atoms with Crippen LogP contribution in [-0.2, 0) is 6.18 Å². The van der Waals surface area contributed by atoms with Crippen LogP contribution < -0.4 is 10.2 Å². The number of amides is 1. The van der Waals surface area contributed by atoms with Crippen molar-refractivity contribution in [2.24, 2.45) is 0 Å². The summed E-state index contributed by atoms with van der Waals surface area (Å²) in [6.45, 7) is 3.92. The van der Waals surface area contributed by atoms with E-state index in [1.54, 1.807) is 12.1 Å². The highest BCUT2D eigenvalue weighted by molar-refractivity contribution is 6.04. The number of likely N-dealkylation sites (N-methyl/N-ethyl adjacent to an activating group) is 1. The first-order valence-corrected chi connectivity index (χ1v) is 8.35. The predicted octanol–water partition coefficient (Wildman–Crippen LogP) is 3.71. The van der Waals surface area contributed by atoms with E-state index in [0.717, 1.165) is 44.0 Å². The van der Waals surface area contributed by atoms with Crippen LogP contribution in [-0.4, -0.2) is 44.0 Å². The molecule has 1 aliphatic heterocycles. The fourth-order valence-corrected chi connectivity index (χ4v) is 2.83. The Kier molecular flexibility index (Phi) is 5.18. The second kappa shape index (κ2) is 7.37. The van der Waals surface area contributed by atoms with Crippen LogP contribution in [0, 0.1) is 0 Å². The van der Waals surface area contributed by atoms with Crippen molar-refractivity contribution >= 4 is 17.3 Å². The third-order valence-electron chi connectivity index (χ3n) is 4.47. The van der Waals surface area contributed by atoms with Gasteiger partial charge in [-0.1, -0.05) is 0 Å². The maximum atomic E-state index is 12.6. The van der Waals surface area contributed by atoms with Crippen molar-refractivity contribution in [1.29, 1.82) is 0 Å². The van der Waals surface area contributed by atoms with Crippen molar-refractivity contribution in [3.63, 3.8) is 0 Å². The second-order valence-electron chi connectivity index (χ2n) is 6.37. The van der Waals surface area contributed by atoms with Gasteiger partial charge in [0.2, 0.25) is 0 Å². The lowest BCUT2D eigenvalue weighted by molar-refractivity contribution is -0.137. The maximum absolute atomic E-state index is 12.6. The zero-order valence-corrected chi connectivity index (χ0v) is 14.4. The number of anilines is 2. The molecule has 2 aromatic carbocycles. The molecule has 0 radical (unpaired) electrons. The average Bonchev–Trinajstić information content (AvgIpc) is 2.62. The Hall–Kier alpha value is -2.54. The van der Waals surface area contributed by atoms with E-state index in [2.05, 4.69) is 22.2 Å². The number of benzene rings is 2. The highest BCUT2D eigenvalue weighted by atomic mass is 19.4. The summed E-state index contributed by atoms with van der Waals surface area (Å²) in [5.74, 6) is -0.439. The molecule has 3 rings (SSSR count). The van der Waals surface area contributed by atoms with E-state index in [0.29, 0.717) is 5.69 Å². The van der Waals surface area contributed by atoms with Crippen LogP contribution in [0.15, 0.2) is 48.5 Å². The molecule has 0 saturated carbocycles. The summed E-state index contributed by atoms with van der Waals surface area (Å²) in [4.78, 5) is 16.7. The molecule has 0 spiro atoms. The lowest BCUT2D eigenvalue weighted by Crippen LogP contribution is -2.44. The van der Waals surface area contributed by atoms with Crippen LogP contribution in [0.4, 0.5) is 24.5 Å². The van der Waals surface area contributed by atoms with E-state index in [1.807, 2.05) is 12.1 Å². The Bertz CT molecular complexity index is 749. The van der Waals surface area contributed by atoms with Crippen LogP contribution in [0.5, 0.6) is 0 Å². The van der Waals surface area contributed by atoms with Crippen LogP contribution in [0.25, 0.3) is 0 Å². The molecule has 0 unspecified atom stereocenters. The van der Waals surface area contributed by atoms with Gasteiger partial charge in [0.25, 0.3) is 5.91 Å². The molecule has 7 heteroatoms. The molecule has 1 amide bonds. The number of hydrogen-bond acceptors (Lipinski definition) is 3. The Balaban J connectivity index is 1.62. The van der Waals surface area contributed by atoms with Gasteiger partial charge in [-0.2, -0.15) is 13.2 Å². The first kappa shape index (κ1) is 18.3. The maximum Gasteiger partial charge on any atom is 0.416 e. The van der Waals surface area contributed by atoms with E-state index >= 15 is 0 Å². The fourth-order valence-electron chi connectivity index (χ4n) is 2.83. The van der Waals surface area contributed by atoms with Gasteiger partial charge in [0.05, 0.1) is 5.56 Å². The van der Waals surface area contributed by atoms with Crippen molar-refractivity contribution < 1.29 is 18.0 Å². The molecule has 0 aromatic heterocycles. The molecule has 26 heavy (non-hydrogen) atoms. The van der Waals surface area contributed by atoms with Crippen molar-refractivity contribution in [2.75, 3.05) is 43.4 Å². The number of halogens is 3. The average molecular weight is 363 g/mol. The highest BCUT2D eigenvalue weighted by Gasteiger charge is 2.30. The minimum absolute atomic E-state index is 0.182. The molecule has 2 aromatic rings. The third-order valence-corrected chi connectivity index (χ3v) is 4.47. The van der Waals surface area contributed by atoms with Crippen LogP contribution in [0.3, 0.4) is 0 Å². The normalized spacial score (nSPS) is 15.8. The predicted molar refractivity (Wildman–Crippen MR) is 95.5 cm³/mol. The SMILES string of the molecule is CN1CCN(c2ccc(NC(=O)c3ccc(C(F)(F)F)cc3)cc2)CC1. The van der Waals surface area contributed by atoms with Crippen molar-refractivity contribution in [2.45, 2.75) is 6.18 Å². The molecule has 0 atom stereocenters. The summed E-state index contributed by atoms with van der Waals surface area (Å²) in [6, 6.07) is 11.6. The van der Waals surface area contributed by atoms with Crippen molar-refractivity contribution in [3.05, 3.63) is 59.7 Å². The molecule has 0 aliphatic carbocycles. The van der Waals surface area contributed by atoms with E-state index in [1.165, 1.54) is 12.1 Å². The number of hydrogen-bond donors (Lipinski definition) is 1. The molecule has 1 saturated heterocycles. The summed E-state index contributed by atoms with van der Waals surface area (Å²) in [5, 5.41) is 2.71. The largest absolute Gasteiger partial charge is 0.416 e. The topological polar surface area (TPSA) is 35.6 Å². The lowest BCUT2D eigenvalue weighted by atomic mass is 10.1. The first-order valence-electron chi connectivity index (χ1n) is 8.35. The van der Waals surface area contributed by atoms with E-state index < -0.39 is 17.6 Å². The summed E-state index contributed by atoms with van der Waals surface area (Å²) >= 11 is 0. The summed E-state index contributed by atoms with van der Waals surface area (Å²) in [6.07, 6.45) is -4.41. The molecule has 1 aliphatic rings. The quantitative estimate of drug-likeness (QED) is 0.903. The van der Waals surface area contributed by atoms with Gasteiger partial charge in [0, 0.05) is 43.1 Å². The standard InChI is InChI=1S/C19H20F3N3O/c1-24-10-12-25(13-11-24)17-8-6-16(7-9-17)23-18(26)14-2-4-15(5-3-14)19(20,21)22/h2-9H,10-13H2,1H3,(H,23,26). The van der Waals surface area contributed by atoms with Crippen molar-refractivity contribution in [3.8, 4) is 0 Å². The number of carbonyl (C=O) groups is 1. The van der Waals surface area contributed by atoms with Gasteiger partial charge in [-0.15, -0.1) is 0 Å². The summed E-state index contributed by atoms with van der Waals surface area (Å²) < 4.78 is 37.7. The third kappa shape index (κ3) is 4.35. The van der Waals surface area contributed by atoms with Crippen LogP contribution >= 0.6 is 0 Å². The Morgan fingerprint density at radius 1 is 0.923 bits per heavy atom. The number of nitrogens with one attached hydrogen (secondary N) is 1. The number of rotatable bonds is 3. The molecule has 1 N–H and O–H groups in total. The van der Waals surface area contributed by atoms with E-state index in [9.17, 15) is 18.0 Å². The Morgan fingerprint density at radius 2 is 1.50 bits per heavy atom. The molecular formula is C19H20F3N3O. The van der Waals surface area contributed by atoms with Gasteiger partial charge in [0.1, 0.15) is 0 Å². The molecule has 138 valence electrons. The summed E-state index contributed by atoms with van der Waals surface area (Å²) in [5.41, 5.74) is 1.10. The van der Waals surface area contributed by atoms with Gasteiger partial charge in [-0.05, 0) is 55.6 Å². The smallest absolute Gasteiger partial charge is 0.369 e.